The van der Waals surface area contributed by atoms with Crippen LogP contribution in [-0.4, -0.2) is 26.4 Å². The summed E-state index contributed by atoms with van der Waals surface area (Å²) >= 11 is 1.35. The number of benzene rings is 2. The Balaban J connectivity index is 1.57. The van der Waals surface area contributed by atoms with Gasteiger partial charge in [-0.2, -0.15) is 0 Å². The molecule has 0 bridgehead atoms. The van der Waals surface area contributed by atoms with E-state index in [1.165, 1.54) is 17.3 Å². The molecule has 146 valence electrons. The van der Waals surface area contributed by atoms with Crippen LogP contribution in [0.1, 0.15) is 31.3 Å². The maximum Gasteiger partial charge on any atom is 0.234 e. The fraction of sp³-hybridized carbons (Fsp3) is 0.286. The Morgan fingerprint density at radius 2 is 1.86 bits per heavy atom. The predicted molar refractivity (Wildman–Crippen MR) is 112 cm³/mol. The van der Waals surface area contributed by atoms with Gasteiger partial charge in [0.05, 0.1) is 5.75 Å². The van der Waals surface area contributed by atoms with E-state index in [0.29, 0.717) is 11.0 Å². The van der Waals surface area contributed by atoms with Crippen molar-refractivity contribution in [2.45, 2.75) is 31.5 Å². The molecule has 0 saturated heterocycles. The lowest BCUT2D eigenvalue weighted by Crippen LogP contribution is -2.14. The monoisotopic (exact) mass is 396 g/mol. The van der Waals surface area contributed by atoms with Gasteiger partial charge in [-0.05, 0) is 43.2 Å². The van der Waals surface area contributed by atoms with Crippen LogP contribution in [0.3, 0.4) is 0 Å². The van der Waals surface area contributed by atoms with Gasteiger partial charge in [-0.1, -0.05) is 49.0 Å². The quantitative estimate of drug-likeness (QED) is 0.577. The Morgan fingerprint density at radius 3 is 2.54 bits per heavy atom. The second kappa shape index (κ2) is 9.41. The fourth-order valence-corrected chi connectivity index (χ4v) is 3.43. The van der Waals surface area contributed by atoms with E-state index < -0.39 is 0 Å². The average Bonchev–Trinajstić information content (AvgIpc) is 3.08. The third kappa shape index (κ3) is 5.13. The zero-order chi connectivity index (χ0) is 19.9. The highest BCUT2D eigenvalue weighted by Gasteiger charge is 2.18. The Hall–Kier alpha value is -2.80. The molecule has 28 heavy (non-hydrogen) atoms. The van der Waals surface area contributed by atoms with Gasteiger partial charge in [-0.15, -0.1) is 10.2 Å². The summed E-state index contributed by atoms with van der Waals surface area (Å²) in [5, 5.41) is 12.0. The predicted octanol–water partition coefficient (Wildman–Crippen LogP) is 4.25. The highest BCUT2D eigenvalue weighted by molar-refractivity contribution is 7.99. The minimum absolute atomic E-state index is 0.0823. The highest BCUT2D eigenvalue weighted by atomic mass is 32.2. The van der Waals surface area contributed by atoms with Crippen molar-refractivity contribution in [1.29, 1.82) is 0 Å². The molecule has 1 heterocycles. The van der Waals surface area contributed by atoms with E-state index in [-0.39, 0.29) is 17.8 Å². The molecule has 0 spiro atoms. The van der Waals surface area contributed by atoms with Gasteiger partial charge in [-0.3, -0.25) is 4.79 Å². The number of aromatic nitrogens is 3. The zero-order valence-electron chi connectivity index (χ0n) is 16.3. The minimum atomic E-state index is -0.252. The number of amides is 1. The molecule has 0 aliphatic rings. The van der Waals surface area contributed by atoms with Gasteiger partial charge in [0.15, 0.2) is 17.1 Å². The van der Waals surface area contributed by atoms with Gasteiger partial charge in [0.1, 0.15) is 5.75 Å². The van der Waals surface area contributed by atoms with E-state index in [2.05, 4.69) is 34.6 Å². The Bertz CT molecular complexity index is 910. The SMILES string of the molecule is CCc1ccc(OC(C)c2nnc(SCC(=O)Nc3ccccc3)n2C)cc1. The molecule has 0 saturated carbocycles. The van der Waals surface area contributed by atoms with Crippen molar-refractivity contribution in [3.8, 4) is 5.75 Å². The topological polar surface area (TPSA) is 69.0 Å². The normalized spacial score (nSPS) is 11.8. The van der Waals surface area contributed by atoms with Gasteiger partial charge in [0.25, 0.3) is 0 Å². The summed E-state index contributed by atoms with van der Waals surface area (Å²) in [7, 11) is 1.88. The molecule has 1 amide bonds. The largest absolute Gasteiger partial charge is 0.483 e. The van der Waals surface area contributed by atoms with Crippen molar-refractivity contribution in [2.75, 3.05) is 11.1 Å². The third-order valence-corrected chi connectivity index (χ3v) is 5.29. The molecule has 0 fully saturated rings. The van der Waals surface area contributed by atoms with E-state index in [4.69, 9.17) is 4.74 Å². The van der Waals surface area contributed by atoms with Crippen molar-refractivity contribution in [1.82, 2.24) is 14.8 Å². The molecule has 2 aromatic carbocycles. The number of thioether (sulfide) groups is 1. The molecule has 7 heteroatoms. The van der Waals surface area contributed by atoms with E-state index in [1.54, 1.807) is 0 Å². The smallest absolute Gasteiger partial charge is 0.234 e. The maximum absolute atomic E-state index is 12.1. The second-order valence-electron chi connectivity index (χ2n) is 6.36. The van der Waals surface area contributed by atoms with Gasteiger partial charge in [-0.25, -0.2) is 0 Å². The number of aryl methyl sites for hydroxylation is 1. The van der Waals surface area contributed by atoms with Crippen molar-refractivity contribution < 1.29 is 9.53 Å². The number of hydrogen-bond acceptors (Lipinski definition) is 5. The summed E-state index contributed by atoms with van der Waals surface area (Å²) in [5.74, 6) is 1.69. The maximum atomic E-state index is 12.1. The fourth-order valence-electron chi connectivity index (χ4n) is 2.72. The van der Waals surface area contributed by atoms with Crippen LogP contribution in [0.4, 0.5) is 5.69 Å². The summed E-state index contributed by atoms with van der Waals surface area (Å²) in [6.45, 7) is 4.06. The third-order valence-electron chi connectivity index (χ3n) is 4.27. The van der Waals surface area contributed by atoms with Gasteiger partial charge in [0.2, 0.25) is 5.91 Å². The highest BCUT2D eigenvalue weighted by Crippen LogP contribution is 2.24. The van der Waals surface area contributed by atoms with Crippen LogP contribution in [0.25, 0.3) is 0 Å². The minimum Gasteiger partial charge on any atom is -0.483 e. The second-order valence-corrected chi connectivity index (χ2v) is 7.30. The summed E-state index contributed by atoms with van der Waals surface area (Å²) in [6, 6.07) is 17.4. The lowest BCUT2D eigenvalue weighted by molar-refractivity contribution is -0.113. The van der Waals surface area contributed by atoms with Gasteiger partial charge < -0.3 is 14.6 Å². The molecule has 3 aromatic rings. The number of carbonyl (C=O) groups excluding carboxylic acids is 1. The molecule has 0 aliphatic carbocycles. The van der Waals surface area contributed by atoms with Gasteiger partial charge in [0, 0.05) is 12.7 Å². The first-order chi connectivity index (χ1) is 13.6. The zero-order valence-corrected chi connectivity index (χ0v) is 17.1. The molecular weight excluding hydrogens is 372 g/mol. The van der Waals surface area contributed by atoms with Crippen LogP contribution < -0.4 is 10.1 Å². The standard InChI is InChI=1S/C21H24N4O2S/c1-4-16-10-12-18(13-11-16)27-15(2)20-23-24-21(25(20)3)28-14-19(26)22-17-8-6-5-7-9-17/h5-13,15H,4,14H2,1-3H3,(H,22,26). The van der Waals surface area contributed by atoms with Crippen molar-refractivity contribution >= 4 is 23.4 Å². The van der Waals surface area contributed by atoms with Crippen molar-refractivity contribution in [3.63, 3.8) is 0 Å². The van der Waals surface area contributed by atoms with Crippen LogP contribution in [0.15, 0.2) is 59.8 Å². The molecule has 1 atom stereocenters. The molecule has 0 aliphatic heterocycles. The number of nitrogens with one attached hydrogen (secondary N) is 1. The summed E-state index contributed by atoms with van der Waals surface area (Å²) in [6.07, 6.45) is 0.745. The van der Waals surface area contributed by atoms with Crippen LogP contribution >= 0.6 is 11.8 Å². The molecule has 1 aromatic heterocycles. The summed E-state index contributed by atoms with van der Waals surface area (Å²) in [5.41, 5.74) is 2.05. The molecule has 6 nitrogen and oxygen atoms in total. The summed E-state index contributed by atoms with van der Waals surface area (Å²) < 4.78 is 7.85. The lowest BCUT2D eigenvalue weighted by Gasteiger charge is -2.14. The van der Waals surface area contributed by atoms with Crippen LogP contribution in [-0.2, 0) is 18.3 Å². The number of hydrogen-bond donors (Lipinski definition) is 1. The van der Waals surface area contributed by atoms with E-state index in [0.717, 1.165) is 17.9 Å². The van der Waals surface area contributed by atoms with Crippen LogP contribution in [0.2, 0.25) is 0 Å². The molecule has 1 unspecified atom stereocenters. The lowest BCUT2D eigenvalue weighted by atomic mass is 10.2. The molecule has 3 rings (SSSR count). The van der Waals surface area contributed by atoms with Crippen molar-refractivity contribution in [2.24, 2.45) is 7.05 Å². The van der Waals surface area contributed by atoms with E-state index in [1.807, 2.05) is 61.0 Å². The number of para-hydroxylation sites is 1. The molecule has 1 N–H and O–H groups in total. The first kappa shape index (κ1) is 19.9. The number of ether oxygens (including phenoxy) is 1. The number of anilines is 1. The Labute approximate surface area is 169 Å². The molecule has 0 radical (unpaired) electrons. The Morgan fingerprint density at radius 1 is 1.14 bits per heavy atom. The molecular formula is C21H24N4O2S. The first-order valence-electron chi connectivity index (χ1n) is 9.19. The van der Waals surface area contributed by atoms with Crippen LogP contribution in [0, 0.1) is 0 Å². The van der Waals surface area contributed by atoms with Gasteiger partial charge >= 0.3 is 0 Å². The number of nitrogens with zero attached hydrogens (tertiary/aromatic N) is 3. The van der Waals surface area contributed by atoms with Crippen LogP contribution in [0.5, 0.6) is 5.75 Å². The van der Waals surface area contributed by atoms with E-state index >= 15 is 0 Å². The summed E-state index contributed by atoms with van der Waals surface area (Å²) in [4.78, 5) is 12.1. The van der Waals surface area contributed by atoms with E-state index in [9.17, 15) is 4.79 Å². The number of carbonyl (C=O) groups is 1. The van der Waals surface area contributed by atoms with Crippen molar-refractivity contribution in [3.05, 3.63) is 66.0 Å². The Kier molecular flexibility index (Phi) is 6.71. The number of rotatable bonds is 8. The average molecular weight is 397 g/mol. The first-order valence-corrected chi connectivity index (χ1v) is 10.2.